The molecule has 0 spiro atoms. The first-order valence-electron chi connectivity index (χ1n) is 4.84. The van der Waals surface area contributed by atoms with Crippen LogP contribution in [0.3, 0.4) is 0 Å². The van der Waals surface area contributed by atoms with E-state index >= 15 is 0 Å². The van der Waals surface area contributed by atoms with Crippen molar-refractivity contribution in [1.82, 2.24) is 0 Å². The average molecular weight is 257 g/mol. The number of benzene rings is 1. The largest absolute Gasteiger partial charge is 0.536 e. The van der Waals surface area contributed by atoms with Crippen LogP contribution >= 0.6 is 0 Å². The van der Waals surface area contributed by atoms with Crippen LogP contribution in [0.5, 0.6) is 0 Å². The molecular weight excluding hydrogens is 242 g/mol. The third-order valence-electron chi connectivity index (χ3n) is 2.30. The molecule has 0 unspecified atom stereocenters. The summed E-state index contributed by atoms with van der Waals surface area (Å²) in [5, 5.41) is 11.6. The summed E-state index contributed by atoms with van der Waals surface area (Å²) in [6, 6.07) is 6.69. The van der Waals surface area contributed by atoms with Gasteiger partial charge in [-0.25, -0.2) is 4.79 Å². The van der Waals surface area contributed by atoms with Gasteiger partial charge in [-0.15, -0.1) is 0 Å². The Morgan fingerprint density at radius 1 is 1.12 bits per heavy atom. The van der Waals surface area contributed by atoms with Crippen molar-refractivity contribution in [3.63, 3.8) is 0 Å². The van der Waals surface area contributed by atoms with Gasteiger partial charge in [0.15, 0.2) is 0 Å². The molecular formula is C10H15NO5Si. The molecule has 0 aromatic heterocycles. The van der Waals surface area contributed by atoms with E-state index in [4.69, 9.17) is 18.4 Å². The highest BCUT2D eigenvalue weighted by atomic mass is 28.4. The van der Waals surface area contributed by atoms with Crippen LogP contribution in [0, 0.1) is 0 Å². The lowest BCUT2D eigenvalue weighted by Crippen LogP contribution is -2.54. The van der Waals surface area contributed by atoms with Crippen LogP contribution in [0.2, 0.25) is 0 Å². The lowest BCUT2D eigenvalue weighted by molar-refractivity contribution is 0.140. The van der Waals surface area contributed by atoms with Gasteiger partial charge in [0.2, 0.25) is 0 Å². The molecule has 0 saturated carbocycles. The quantitative estimate of drug-likeness (QED) is 0.765. The van der Waals surface area contributed by atoms with Crippen molar-refractivity contribution in [3.8, 4) is 0 Å². The van der Waals surface area contributed by atoms with E-state index < -0.39 is 14.9 Å². The molecule has 0 bridgehead atoms. The van der Waals surface area contributed by atoms with E-state index in [1.807, 2.05) is 0 Å². The minimum Gasteiger partial charge on any atom is -0.465 e. The monoisotopic (exact) mass is 257 g/mol. The number of anilines is 1. The van der Waals surface area contributed by atoms with Gasteiger partial charge in [0.25, 0.3) is 0 Å². The molecule has 1 amide bonds. The van der Waals surface area contributed by atoms with Crippen molar-refractivity contribution < 1.29 is 23.2 Å². The Kier molecular flexibility index (Phi) is 4.64. The Balaban J connectivity index is 2.96. The van der Waals surface area contributed by atoms with Gasteiger partial charge in [-0.2, -0.15) is 0 Å². The first-order chi connectivity index (χ1) is 8.07. The summed E-state index contributed by atoms with van der Waals surface area (Å²) in [5.74, 6) is 0. The lowest BCUT2D eigenvalue weighted by Gasteiger charge is -2.24. The Labute approximate surface area is 100 Å². The summed E-state index contributed by atoms with van der Waals surface area (Å²) in [4.78, 5) is 10.4. The van der Waals surface area contributed by atoms with Crippen LogP contribution in [0.1, 0.15) is 0 Å². The number of carboxylic acid groups (broad SMARTS) is 1. The summed E-state index contributed by atoms with van der Waals surface area (Å²) in [5.41, 5.74) is 0.479. The van der Waals surface area contributed by atoms with Crippen LogP contribution in [-0.2, 0) is 13.3 Å². The van der Waals surface area contributed by atoms with Crippen molar-refractivity contribution in [2.75, 3.05) is 26.6 Å². The third kappa shape index (κ3) is 3.04. The smallest absolute Gasteiger partial charge is 0.465 e. The van der Waals surface area contributed by atoms with E-state index in [1.54, 1.807) is 24.3 Å². The van der Waals surface area contributed by atoms with Gasteiger partial charge in [-0.1, -0.05) is 12.1 Å². The second kappa shape index (κ2) is 5.78. The SMILES string of the molecule is CO[Si](OC)(OC)c1ccc(NC(=O)O)cc1. The molecule has 6 nitrogen and oxygen atoms in total. The Morgan fingerprint density at radius 3 is 1.94 bits per heavy atom. The molecule has 2 N–H and O–H groups in total. The predicted molar refractivity (Wildman–Crippen MR) is 64.5 cm³/mol. The van der Waals surface area contributed by atoms with Crippen molar-refractivity contribution in [1.29, 1.82) is 0 Å². The Bertz CT molecular complexity index is 369. The molecule has 0 aliphatic rings. The normalized spacial score (nSPS) is 11.2. The van der Waals surface area contributed by atoms with Gasteiger partial charge in [0, 0.05) is 32.2 Å². The molecule has 1 rings (SSSR count). The summed E-state index contributed by atoms with van der Waals surface area (Å²) in [7, 11) is 1.72. The molecule has 0 aliphatic heterocycles. The standard InChI is InChI=1S/C10H15NO5Si/c1-14-17(15-2,16-3)9-6-4-8(5-7-9)11-10(12)13/h4-7,11H,1-3H3,(H,12,13). The van der Waals surface area contributed by atoms with E-state index in [9.17, 15) is 4.79 Å². The fourth-order valence-corrected chi connectivity index (χ4v) is 3.27. The van der Waals surface area contributed by atoms with Crippen LogP contribution < -0.4 is 10.5 Å². The van der Waals surface area contributed by atoms with Gasteiger partial charge in [0.05, 0.1) is 0 Å². The zero-order valence-electron chi connectivity index (χ0n) is 9.89. The highest BCUT2D eigenvalue weighted by Gasteiger charge is 2.40. The molecule has 17 heavy (non-hydrogen) atoms. The third-order valence-corrected chi connectivity index (χ3v) is 4.95. The molecule has 0 atom stereocenters. The zero-order chi connectivity index (χ0) is 12.9. The average Bonchev–Trinajstić information content (AvgIpc) is 2.33. The van der Waals surface area contributed by atoms with E-state index in [1.165, 1.54) is 21.3 Å². The number of nitrogens with one attached hydrogen (secondary N) is 1. The van der Waals surface area contributed by atoms with Crippen molar-refractivity contribution in [2.45, 2.75) is 0 Å². The molecule has 7 heteroatoms. The maximum Gasteiger partial charge on any atom is 0.536 e. The second-order valence-corrected chi connectivity index (χ2v) is 6.09. The van der Waals surface area contributed by atoms with Gasteiger partial charge in [-0.3, -0.25) is 5.32 Å². The number of hydrogen-bond acceptors (Lipinski definition) is 4. The highest BCUT2D eigenvalue weighted by Crippen LogP contribution is 2.10. The van der Waals surface area contributed by atoms with E-state index in [2.05, 4.69) is 5.32 Å². The molecule has 0 aliphatic carbocycles. The summed E-state index contributed by atoms with van der Waals surface area (Å²) in [6.45, 7) is 0. The summed E-state index contributed by atoms with van der Waals surface area (Å²) >= 11 is 0. The molecule has 0 heterocycles. The first kappa shape index (κ1) is 13.7. The molecule has 1 aromatic carbocycles. The number of carbonyl (C=O) groups is 1. The molecule has 0 fully saturated rings. The first-order valence-corrected chi connectivity index (χ1v) is 6.56. The molecule has 1 aromatic rings. The summed E-state index contributed by atoms with van der Waals surface area (Å²) < 4.78 is 15.9. The van der Waals surface area contributed by atoms with Crippen molar-refractivity contribution >= 4 is 25.8 Å². The van der Waals surface area contributed by atoms with E-state index in [-0.39, 0.29) is 0 Å². The minimum atomic E-state index is -2.83. The second-order valence-electron chi connectivity index (χ2n) is 3.18. The van der Waals surface area contributed by atoms with Crippen LogP contribution in [-0.4, -0.2) is 41.3 Å². The molecule has 0 saturated heterocycles. The number of rotatable bonds is 5. The van der Waals surface area contributed by atoms with Gasteiger partial charge >= 0.3 is 14.9 Å². The van der Waals surface area contributed by atoms with E-state index in [0.717, 1.165) is 5.19 Å². The Morgan fingerprint density at radius 2 is 1.59 bits per heavy atom. The lowest BCUT2D eigenvalue weighted by atomic mass is 10.3. The molecule has 0 radical (unpaired) electrons. The fraction of sp³-hybridized carbons (Fsp3) is 0.300. The number of hydrogen-bond donors (Lipinski definition) is 2. The van der Waals surface area contributed by atoms with Crippen LogP contribution in [0.25, 0.3) is 0 Å². The van der Waals surface area contributed by atoms with Crippen LogP contribution in [0.15, 0.2) is 24.3 Å². The minimum absolute atomic E-state index is 0.479. The van der Waals surface area contributed by atoms with E-state index in [0.29, 0.717) is 5.69 Å². The Hall–Kier alpha value is -1.41. The fourth-order valence-electron chi connectivity index (χ4n) is 1.48. The van der Waals surface area contributed by atoms with Gasteiger partial charge in [-0.05, 0) is 12.1 Å². The maximum absolute atomic E-state index is 10.4. The zero-order valence-corrected chi connectivity index (χ0v) is 10.9. The van der Waals surface area contributed by atoms with Crippen LogP contribution in [0.4, 0.5) is 10.5 Å². The van der Waals surface area contributed by atoms with Gasteiger partial charge in [0.1, 0.15) is 0 Å². The highest BCUT2D eigenvalue weighted by molar-refractivity contribution is 6.75. The van der Waals surface area contributed by atoms with Crippen molar-refractivity contribution in [2.24, 2.45) is 0 Å². The van der Waals surface area contributed by atoms with Gasteiger partial charge < -0.3 is 18.4 Å². The maximum atomic E-state index is 10.4. The topological polar surface area (TPSA) is 77.0 Å². The number of amides is 1. The predicted octanol–water partition coefficient (Wildman–Crippen LogP) is 0.862. The summed E-state index contributed by atoms with van der Waals surface area (Å²) in [6.07, 6.45) is -1.11. The van der Waals surface area contributed by atoms with Crippen molar-refractivity contribution in [3.05, 3.63) is 24.3 Å². The molecule has 94 valence electrons.